The van der Waals surface area contributed by atoms with E-state index in [1.54, 1.807) is 0 Å². The molecule has 0 saturated heterocycles. The number of hydrogen-bond acceptors (Lipinski definition) is 2. The summed E-state index contributed by atoms with van der Waals surface area (Å²) in [4.78, 5) is 12.3. The predicted molar refractivity (Wildman–Crippen MR) is 86.8 cm³/mol. The molecule has 0 aliphatic heterocycles. The molecule has 0 aliphatic rings. The van der Waals surface area contributed by atoms with Crippen LogP contribution in [0.1, 0.15) is 24.2 Å². The van der Waals surface area contributed by atoms with Gasteiger partial charge >= 0.3 is 0 Å². The number of nitrogens with two attached hydrogens (primary N) is 1. The minimum Gasteiger partial charge on any atom is -0.348 e. The van der Waals surface area contributed by atoms with Crippen LogP contribution in [0, 0.1) is 5.92 Å². The van der Waals surface area contributed by atoms with Crippen molar-refractivity contribution in [1.29, 1.82) is 0 Å². The van der Waals surface area contributed by atoms with Crippen molar-refractivity contribution in [2.45, 2.75) is 19.9 Å². The highest BCUT2D eigenvalue weighted by atomic mass is 79.9. The van der Waals surface area contributed by atoms with Crippen molar-refractivity contribution in [2.75, 3.05) is 6.54 Å². The zero-order valence-corrected chi connectivity index (χ0v) is 13.3. The molecule has 2 rings (SSSR count). The van der Waals surface area contributed by atoms with Gasteiger partial charge in [0, 0.05) is 22.6 Å². The lowest BCUT2D eigenvalue weighted by atomic mass is 10.0. The Balaban J connectivity index is 2.24. The van der Waals surface area contributed by atoms with Gasteiger partial charge < -0.3 is 11.1 Å². The predicted octanol–water partition coefficient (Wildman–Crippen LogP) is 3.32. The van der Waals surface area contributed by atoms with E-state index in [1.807, 2.05) is 36.4 Å². The number of halogens is 1. The van der Waals surface area contributed by atoms with E-state index < -0.39 is 0 Å². The summed E-state index contributed by atoms with van der Waals surface area (Å²) in [6, 6.07) is 11.7. The second kappa shape index (κ2) is 6.37. The molecule has 0 radical (unpaired) electrons. The maximum absolute atomic E-state index is 12.3. The van der Waals surface area contributed by atoms with Crippen molar-refractivity contribution >= 4 is 32.6 Å². The van der Waals surface area contributed by atoms with Crippen LogP contribution in [0.15, 0.2) is 40.9 Å². The Bertz CT molecular complexity index is 625. The van der Waals surface area contributed by atoms with E-state index in [4.69, 9.17) is 5.73 Å². The molecule has 3 N–H and O–H groups in total. The Morgan fingerprint density at radius 3 is 2.50 bits per heavy atom. The molecular formula is C16H19BrN2O. The lowest BCUT2D eigenvalue weighted by Crippen LogP contribution is -2.43. The van der Waals surface area contributed by atoms with Crippen LogP contribution in [0.2, 0.25) is 0 Å². The molecule has 20 heavy (non-hydrogen) atoms. The van der Waals surface area contributed by atoms with E-state index in [9.17, 15) is 4.79 Å². The van der Waals surface area contributed by atoms with Crippen LogP contribution in [0.3, 0.4) is 0 Å². The van der Waals surface area contributed by atoms with Crippen molar-refractivity contribution in [1.82, 2.24) is 5.32 Å². The molecule has 0 fully saturated rings. The Morgan fingerprint density at radius 2 is 1.85 bits per heavy atom. The number of hydrogen-bond donors (Lipinski definition) is 2. The monoisotopic (exact) mass is 334 g/mol. The van der Waals surface area contributed by atoms with E-state index in [0.29, 0.717) is 18.0 Å². The average molecular weight is 335 g/mol. The number of fused-ring (bicyclic) bond motifs is 1. The van der Waals surface area contributed by atoms with Crippen LogP contribution >= 0.6 is 15.9 Å². The van der Waals surface area contributed by atoms with Gasteiger partial charge in [-0.05, 0) is 41.0 Å². The van der Waals surface area contributed by atoms with Gasteiger partial charge in [0.25, 0.3) is 5.91 Å². The van der Waals surface area contributed by atoms with Crippen LogP contribution < -0.4 is 11.1 Å². The van der Waals surface area contributed by atoms with Crippen LogP contribution in [0.4, 0.5) is 0 Å². The van der Waals surface area contributed by atoms with Gasteiger partial charge in [-0.25, -0.2) is 0 Å². The van der Waals surface area contributed by atoms with E-state index in [2.05, 4.69) is 35.1 Å². The number of rotatable bonds is 4. The largest absolute Gasteiger partial charge is 0.348 e. The van der Waals surface area contributed by atoms with Crippen molar-refractivity contribution in [3.63, 3.8) is 0 Å². The van der Waals surface area contributed by atoms with Gasteiger partial charge in [0.15, 0.2) is 0 Å². The fourth-order valence-electron chi connectivity index (χ4n) is 2.11. The van der Waals surface area contributed by atoms with Crippen molar-refractivity contribution in [2.24, 2.45) is 11.7 Å². The molecule has 106 valence electrons. The van der Waals surface area contributed by atoms with Crippen LogP contribution in [0.5, 0.6) is 0 Å². The molecule has 2 aromatic rings. The van der Waals surface area contributed by atoms with Crippen molar-refractivity contribution in [3.05, 3.63) is 46.4 Å². The maximum atomic E-state index is 12.3. The zero-order valence-electron chi connectivity index (χ0n) is 11.7. The summed E-state index contributed by atoms with van der Waals surface area (Å²) >= 11 is 3.44. The number of nitrogens with one attached hydrogen (secondary N) is 1. The number of carbonyl (C=O) groups excluding carboxylic acids is 1. The summed E-state index contributed by atoms with van der Waals surface area (Å²) in [6.07, 6.45) is 0. The first-order chi connectivity index (χ1) is 9.51. The van der Waals surface area contributed by atoms with Gasteiger partial charge in [-0.1, -0.05) is 41.9 Å². The molecule has 4 heteroatoms. The summed E-state index contributed by atoms with van der Waals surface area (Å²) in [5.41, 5.74) is 6.35. The van der Waals surface area contributed by atoms with Crippen molar-refractivity contribution < 1.29 is 4.79 Å². The third-order valence-electron chi connectivity index (χ3n) is 3.44. The van der Waals surface area contributed by atoms with Gasteiger partial charge in [0.1, 0.15) is 0 Å². The number of amides is 1. The first-order valence-electron chi connectivity index (χ1n) is 6.71. The SMILES string of the molecule is CC(C)C(CN)NC(=O)c1ccc2cc(Br)ccc2c1. The first-order valence-corrected chi connectivity index (χ1v) is 7.51. The standard InChI is InChI=1S/C16H19BrN2O/c1-10(2)15(9-18)19-16(20)13-4-3-12-8-14(17)6-5-11(12)7-13/h3-8,10,15H,9,18H2,1-2H3,(H,19,20). The molecule has 0 aliphatic carbocycles. The van der Waals surface area contributed by atoms with E-state index >= 15 is 0 Å². The lowest BCUT2D eigenvalue weighted by molar-refractivity contribution is 0.0928. The molecule has 0 bridgehead atoms. The average Bonchev–Trinajstić information content (AvgIpc) is 2.43. The van der Waals surface area contributed by atoms with E-state index in [1.165, 1.54) is 0 Å². The maximum Gasteiger partial charge on any atom is 0.251 e. The molecule has 1 atom stereocenters. The molecule has 3 nitrogen and oxygen atoms in total. The molecule has 1 amide bonds. The minimum atomic E-state index is -0.0704. The number of benzene rings is 2. The van der Waals surface area contributed by atoms with Crippen molar-refractivity contribution in [3.8, 4) is 0 Å². The molecule has 0 saturated carbocycles. The Labute approximate surface area is 127 Å². The summed E-state index contributed by atoms with van der Waals surface area (Å²) in [7, 11) is 0. The van der Waals surface area contributed by atoms with Gasteiger partial charge in [-0.2, -0.15) is 0 Å². The third-order valence-corrected chi connectivity index (χ3v) is 3.93. The highest BCUT2D eigenvalue weighted by Crippen LogP contribution is 2.21. The van der Waals surface area contributed by atoms with Crippen LogP contribution in [-0.4, -0.2) is 18.5 Å². The minimum absolute atomic E-state index is 0.00288. The summed E-state index contributed by atoms with van der Waals surface area (Å²) in [5.74, 6) is 0.249. The quantitative estimate of drug-likeness (QED) is 0.901. The fourth-order valence-corrected chi connectivity index (χ4v) is 2.49. The normalized spacial score (nSPS) is 12.7. The summed E-state index contributed by atoms with van der Waals surface area (Å²) in [5, 5.41) is 5.14. The zero-order chi connectivity index (χ0) is 14.7. The summed E-state index contributed by atoms with van der Waals surface area (Å²) in [6.45, 7) is 4.55. The van der Waals surface area contributed by atoms with Gasteiger partial charge in [-0.15, -0.1) is 0 Å². The van der Waals surface area contributed by atoms with Gasteiger partial charge in [0.05, 0.1) is 0 Å². The smallest absolute Gasteiger partial charge is 0.251 e. The van der Waals surface area contributed by atoms with E-state index in [0.717, 1.165) is 15.2 Å². The second-order valence-corrected chi connectivity index (χ2v) is 6.18. The van der Waals surface area contributed by atoms with E-state index in [-0.39, 0.29) is 11.9 Å². The Hall–Kier alpha value is -1.39. The topological polar surface area (TPSA) is 55.1 Å². The fraction of sp³-hybridized carbons (Fsp3) is 0.312. The highest BCUT2D eigenvalue weighted by molar-refractivity contribution is 9.10. The first kappa shape index (κ1) is 15.0. The lowest BCUT2D eigenvalue weighted by Gasteiger charge is -2.20. The number of carbonyl (C=O) groups is 1. The van der Waals surface area contributed by atoms with Gasteiger partial charge in [0.2, 0.25) is 0 Å². The van der Waals surface area contributed by atoms with Gasteiger partial charge in [-0.3, -0.25) is 4.79 Å². The Kier molecular flexibility index (Phi) is 4.78. The summed E-state index contributed by atoms with van der Waals surface area (Å²) < 4.78 is 1.03. The highest BCUT2D eigenvalue weighted by Gasteiger charge is 2.15. The molecule has 1 unspecified atom stereocenters. The molecule has 0 heterocycles. The second-order valence-electron chi connectivity index (χ2n) is 5.27. The van der Waals surface area contributed by atoms with Crippen LogP contribution in [-0.2, 0) is 0 Å². The Morgan fingerprint density at radius 1 is 1.20 bits per heavy atom. The third kappa shape index (κ3) is 3.38. The molecule has 2 aromatic carbocycles. The van der Waals surface area contributed by atoms with Crippen LogP contribution in [0.25, 0.3) is 10.8 Å². The molecule has 0 aromatic heterocycles. The molecular weight excluding hydrogens is 316 g/mol. The molecule has 0 spiro atoms.